The fraction of sp³-hybridized carbons (Fsp3) is 0.409. The van der Waals surface area contributed by atoms with E-state index in [1.165, 1.54) is 23.2 Å². The lowest BCUT2D eigenvalue weighted by Gasteiger charge is -2.19. The zero-order valence-corrected chi connectivity index (χ0v) is 17.7. The van der Waals surface area contributed by atoms with E-state index >= 15 is 0 Å². The Labute approximate surface area is 179 Å². The minimum atomic E-state index is 0. The van der Waals surface area contributed by atoms with Crippen LogP contribution in [0.15, 0.2) is 48.5 Å². The van der Waals surface area contributed by atoms with Crippen molar-refractivity contribution in [3.05, 3.63) is 59.7 Å². The van der Waals surface area contributed by atoms with Crippen molar-refractivity contribution in [1.29, 1.82) is 0 Å². The second-order valence-corrected chi connectivity index (χ2v) is 7.44. The number of anilines is 2. The normalized spacial score (nSPS) is 17.4. The van der Waals surface area contributed by atoms with Gasteiger partial charge in [0.2, 0.25) is 5.91 Å². The van der Waals surface area contributed by atoms with E-state index in [1.807, 2.05) is 12.1 Å². The van der Waals surface area contributed by atoms with Crippen LogP contribution < -0.4 is 15.5 Å². The molecule has 1 saturated heterocycles. The molecule has 0 saturated carbocycles. The molecule has 6 heteroatoms. The highest BCUT2D eigenvalue weighted by Crippen LogP contribution is 2.29. The van der Waals surface area contributed by atoms with E-state index in [1.54, 1.807) is 0 Å². The zero-order chi connectivity index (χ0) is 17.8. The maximum absolute atomic E-state index is 12.1. The molecule has 1 fully saturated rings. The van der Waals surface area contributed by atoms with E-state index in [0.717, 1.165) is 44.7 Å². The first-order chi connectivity index (χ1) is 12.8. The molecule has 2 aliphatic rings. The van der Waals surface area contributed by atoms with Crippen molar-refractivity contribution in [2.75, 3.05) is 29.9 Å². The Bertz CT molecular complexity index is 761. The maximum atomic E-state index is 12.1. The van der Waals surface area contributed by atoms with E-state index in [9.17, 15) is 4.79 Å². The Hall–Kier alpha value is -1.75. The Kier molecular flexibility index (Phi) is 8.61. The highest BCUT2D eigenvalue weighted by atomic mass is 35.5. The van der Waals surface area contributed by atoms with Gasteiger partial charge in [0.25, 0.3) is 0 Å². The zero-order valence-electron chi connectivity index (χ0n) is 16.0. The van der Waals surface area contributed by atoms with Gasteiger partial charge in [-0.05, 0) is 67.6 Å². The first kappa shape index (κ1) is 22.5. The van der Waals surface area contributed by atoms with Gasteiger partial charge in [-0.2, -0.15) is 0 Å². The smallest absolute Gasteiger partial charge is 0.224 e. The molecular weight excluding hydrogens is 393 g/mol. The molecule has 1 unspecified atom stereocenters. The average molecular weight is 422 g/mol. The third-order valence-corrected chi connectivity index (χ3v) is 5.54. The number of nitrogens with one attached hydrogen (secondary N) is 2. The van der Waals surface area contributed by atoms with Gasteiger partial charge >= 0.3 is 0 Å². The number of halogens is 2. The molecule has 0 spiro atoms. The molecular formula is C22H29Cl2N3O. The molecule has 2 aliphatic heterocycles. The largest absolute Gasteiger partial charge is 0.367 e. The van der Waals surface area contributed by atoms with Crippen LogP contribution in [-0.4, -0.2) is 25.5 Å². The standard InChI is InChI=1S/C22H27N3O.2ClH/c26-22(10-7-17-11-13-23-15-17)24-20-8-5-18(6-9-20)16-25-14-12-19-3-1-2-4-21(19)25;;/h1-6,8-9,17,23H,7,10-16H2,(H,24,26);2*1H. The van der Waals surface area contributed by atoms with Crippen LogP contribution in [0.3, 0.4) is 0 Å². The van der Waals surface area contributed by atoms with E-state index < -0.39 is 0 Å². The van der Waals surface area contributed by atoms with Gasteiger partial charge in [-0.1, -0.05) is 30.3 Å². The van der Waals surface area contributed by atoms with Crippen LogP contribution in [0.2, 0.25) is 0 Å². The Balaban J connectivity index is 0.00000140. The Morgan fingerprint density at radius 2 is 1.89 bits per heavy atom. The molecule has 0 aromatic heterocycles. The predicted octanol–water partition coefficient (Wildman–Crippen LogP) is 4.42. The van der Waals surface area contributed by atoms with Gasteiger partial charge in [0.15, 0.2) is 0 Å². The summed E-state index contributed by atoms with van der Waals surface area (Å²) in [7, 11) is 0. The van der Waals surface area contributed by atoms with Crippen LogP contribution in [0.4, 0.5) is 11.4 Å². The highest BCUT2D eigenvalue weighted by molar-refractivity contribution is 5.90. The summed E-state index contributed by atoms with van der Waals surface area (Å²) in [5, 5.41) is 6.38. The lowest BCUT2D eigenvalue weighted by Crippen LogP contribution is -2.19. The minimum Gasteiger partial charge on any atom is -0.367 e. The lowest BCUT2D eigenvalue weighted by molar-refractivity contribution is -0.116. The molecule has 2 aromatic rings. The summed E-state index contributed by atoms with van der Waals surface area (Å²) in [6, 6.07) is 16.9. The second-order valence-electron chi connectivity index (χ2n) is 7.44. The topological polar surface area (TPSA) is 44.4 Å². The Morgan fingerprint density at radius 3 is 2.64 bits per heavy atom. The van der Waals surface area contributed by atoms with E-state index in [-0.39, 0.29) is 30.7 Å². The van der Waals surface area contributed by atoms with Crippen molar-refractivity contribution >= 4 is 42.1 Å². The molecule has 2 aromatic carbocycles. The number of carbonyl (C=O) groups excluding carboxylic acids is 1. The van der Waals surface area contributed by atoms with Crippen molar-refractivity contribution in [1.82, 2.24) is 5.32 Å². The van der Waals surface area contributed by atoms with Crippen LogP contribution >= 0.6 is 24.8 Å². The number of fused-ring (bicyclic) bond motifs is 1. The van der Waals surface area contributed by atoms with Gasteiger partial charge in [0.1, 0.15) is 0 Å². The second kappa shape index (κ2) is 10.7. The molecule has 152 valence electrons. The summed E-state index contributed by atoms with van der Waals surface area (Å²) in [6.07, 6.45) is 3.91. The van der Waals surface area contributed by atoms with Crippen molar-refractivity contribution in [3.8, 4) is 0 Å². The van der Waals surface area contributed by atoms with Gasteiger partial charge in [0.05, 0.1) is 0 Å². The summed E-state index contributed by atoms with van der Waals surface area (Å²) in [5.74, 6) is 0.782. The highest BCUT2D eigenvalue weighted by Gasteiger charge is 2.18. The number of nitrogens with zero attached hydrogens (tertiary/aromatic N) is 1. The molecule has 0 bridgehead atoms. The van der Waals surface area contributed by atoms with Crippen molar-refractivity contribution in [2.45, 2.75) is 32.2 Å². The van der Waals surface area contributed by atoms with Crippen LogP contribution in [0.5, 0.6) is 0 Å². The van der Waals surface area contributed by atoms with Crippen molar-refractivity contribution in [2.24, 2.45) is 5.92 Å². The number of para-hydroxylation sites is 1. The van der Waals surface area contributed by atoms with Gasteiger partial charge in [-0.15, -0.1) is 24.8 Å². The molecule has 1 atom stereocenters. The molecule has 2 heterocycles. The minimum absolute atomic E-state index is 0. The van der Waals surface area contributed by atoms with Crippen LogP contribution in [0.25, 0.3) is 0 Å². The summed E-state index contributed by atoms with van der Waals surface area (Å²) in [4.78, 5) is 14.6. The molecule has 0 radical (unpaired) electrons. The van der Waals surface area contributed by atoms with Crippen LogP contribution in [0, 0.1) is 5.92 Å². The van der Waals surface area contributed by atoms with Gasteiger partial charge in [-0.25, -0.2) is 0 Å². The van der Waals surface area contributed by atoms with Gasteiger partial charge in [0, 0.05) is 30.9 Å². The Morgan fingerprint density at radius 1 is 1.11 bits per heavy atom. The van der Waals surface area contributed by atoms with E-state index in [4.69, 9.17) is 0 Å². The number of rotatable bonds is 6. The number of amides is 1. The van der Waals surface area contributed by atoms with E-state index in [0.29, 0.717) is 12.3 Å². The monoisotopic (exact) mass is 421 g/mol. The molecule has 4 nitrogen and oxygen atoms in total. The SMILES string of the molecule is Cl.Cl.O=C(CCC1CCNC1)Nc1ccc(CN2CCc3ccccc32)cc1. The molecule has 2 N–H and O–H groups in total. The quantitative estimate of drug-likeness (QED) is 0.725. The van der Waals surface area contributed by atoms with Gasteiger partial charge < -0.3 is 15.5 Å². The summed E-state index contributed by atoms with van der Waals surface area (Å²) in [5.41, 5.74) is 4.96. The van der Waals surface area contributed by atoms with Crippen molar-refractivity contribution in [3.63, 3.8) is 0 Å². The van der Waals surface area contributed by atoms with Crippen molar-refractivity contribution < 1.29 is 4.79 Å². The number of hydrogen-bond acceptors (Lipinski definition) is 3. The first-order valence-corrected chi connectivity index (χ1v) is 9.70. The number of carbonyl (C=O) groups is 1. The van der Waals surface area contributed by atoms with Crippen LogP contribution in [0.1, 0.15) is 30.4 Å². The molecule has 4 rings (SSSR count). The van der Waals surface area contributed by atoms with Gasteiger partial charge in [-0.3, -0.25) is 4.79 Å². The third-order valence-electron chi connectivity index (χ3n) is 5.54. The lowest BCUT2D eigenvalue weighted by atomic mass is 10.0. The number of benzene rings is 2. The molecule has 28 heavy (non-hydrogen) atoms. The summed E-state index contributed by atoms with van der Waals surface area (Å²) < 4.78 is 0. The first-order valence-electron chi connectivity index (χ1n) is 9.70. The summed E-state index contributed by atoms with van der Waals surface area (Å²) in [6.45, 7) is 4.14. The summed E-state index contributed by atoms with van der Waals surface area (Å²) >= 11 is 0. The fourth-order valence-electron chi connectivity index (χ4n) is 4.00. The maximum Gasteiger partial charge on any atom is 0.224 e. The van der Waals surface area contributed by atoms with Crippen LogP contribution in [-0.2, 0) is 17.8 Å². The molecule has 0 aliphatic carbocycles. The third kappa shape index (κ3) is 5.63. The predicted molar refractivity (Wildman–Crippen MR) is 121 cm³/mol. The number of hydrogen-bond donors (Lipinski definition) is 2. The fourth-order valence-corrected chi connectivity index (χ4v) is 4.00. The average Bonchev–Trinajstić information content (AvgIpc) is 3.32. The van der Waals surface area contributed by atoms with E-state index in [2.05, 4.69) is 51.9 Å². The molecule has 1 amide bonds.